The molecule has 0 N–H and O–H groups in total. The molecule has 0 bridgehead atoms. The third kappa shape index (κ3) is 4.42. The zero-order valence-electron chi connectivity index (χ0n) is 10.3. The minimum Gasteiger partial charge on any atom is -0.462 e. The van der Waals surface area contributed by atoms with Crippen molar-refractivity contribution < 1.29 is 22.7 Å². The third-order valence-corrected chi connectivity index (χ3v) is 3.68. The zero-order chi connectivity index (χ0) is 15.3. The van der Waals surface area contributed by atoms with Gasteiger partial charge in [-0.2, -0.15) is 18.4 Å². The molecule has 0 aliphatic carbocycles. The van der Waals surface area contributed by atoms with Gasteiger partial charge < -0.3 is 4.74 Å². The van der Waals surface area contributed by atoms with E-state index in [1.54, 1.807) is 13.0 Å². The predicted octanol–water partition coefficient (Wildman–Crippen LogP) is 4.24. The second kappa shape index (κ2) is 6.99. The van der Waals surface area contributed by atoms with Gasteiger partial charge in [-0.25, -0.2) is 4.79 Å². The van der Waals surface area contributed by atoms with Crippen LogP contribution in [0.5, 0.6) is 0 Å². The van der Waals surface area contributed by atoms with E-state index in [4.69, 9.17) is 10.00 Å². The number of carbonyl (C=O) groups is 1. The van der Waals surface area contributed by atoms with E-state index in [0.717, 1.165) is 6.07 Å². The minimum absolute atomic E-state index is 0.0596. The van der Waals surface area contributed by atoms with Crippen molar-refractivity contribution >= 4 is 33.7 Å². The van der Waals surface area contributed by atoms with Crippen LogP contribution in [0.1, 0.15) is 28.4 Å². The van der Waals surface area contributed by atoms with E-state index in [9.17, 15) is 18.0 Å². The van der Waals surface area contributed by atoms with Crippen LogP contribution in [0.2, 0.25) is 0 Å². The van der Waals surface area contributed by atoms with Crippen molar-refractivity contribution in [2.24, 2.45) is 0 Å². The summed E-state index contributed by atoms with van der Waals surface area (Å²) >= 11 is 2.69. The predicted molar refractivity (Wildman–Crippen MR) is 71.7 cm³/mol. The number of rotatable bonds is 4. The molecule has 3 nitrogen and oxygen atoms in total. The molecule has 8 heteroatoms. The number of nitrogens with zero attached hydrogens (tertiary/aromatic N) is 1. The lowest BCUT2D eigenvalue weighted by Gasteiger charge is -2.13. The van der Waals surface area contributed by atoms with Crippen molar-refractivity contribution in [2.45, 2.75) is 22.7 Å². The lowest BCUT2D eigenvalue weighted by molar-refractivity contribution is -0.0328. The smallest absolute Gasteiger partial charge is 0.446 e. The van der Waals surface area contributed by atoms with Gasteiger partial charge in [0.05, 0.1) is 17.7 Å². The van der Waals surface area contributed by atoms with Crippen molar-refractivity contribution in [3.8, 4) is 6.07 Å². The van der Waals surface area contributed by atoms with Crippen LogP contribution in [-0.4, -0.2) is 18.1 Å². The number of halogens is 4. The molecule has 0 saturated heterocycles. The van der Waals surface area contributed by atoms with Gasteiger partial charge in [0.1, 0.15) is 6.07 Å². The Bertz CT molecular complexity index is 555. The van der Waals surface area contributed by atoms with Gasteiger partial charge in [-0.1, -0.05) is 15.9 Å². The number of ether oxygens (including phenoxy) is 1. The topological polar surface area (TPSA) is 50.1 Å². The van der Waals surface area contributed by atoms with Crippen molar-refractivity contribution in [2.75, 3.05) is 6.61 Å². The van der Waals surface area contributed by atoms with E-state index in [1.807, 2.05) is 0 Å². The van der Waals surface area contributed by atoms with Crippen LogP contribution >= 0.6 is 27.7 Å². The monoisotopic (exact) mass is 367 g/mol. The molecule has 0 unspecified atom stereocenters. The van der Waals surface area contributed by atoms with Crippen molar-refractivity contribution in [1.29, 1.82) is 5.26 Å². The number of hydrogen-bond acceptors (Lipinski definition) is 4. The van der Waals surface area contributed by atoms with Crippen LogP contribution in [-0.2, 0) is 10.1 Å². The largest absolute Gasteiger partial charge is 0.462 e. The number of carbonyl (C=O) groups excluding carboxylic acids is 1. The van der Waals surface area contributed by atoms with Crippen LogP contribution in [0.25, 0.3) is 0 Å². The first-order chi connectivity index (χ1) is 9.32. The first-order valence-corrected chi connectivity index (χ1v) is 7.32. The number of benzene rings is 1. The molecule has 0 aromatic heterocycles. The standard InChI is InChI=1S/C12H9BrF3NO2S/c1-2-19-11(18)7-3-8(5-13)10(9(4-7)6-17)20-12(14,15)16/h3-4H,2,5H2,1H3. The molecular weight excluding hydrogens is 359 g/mol. The van der Waals surface area contributed by atoms with Crippen molar-refractivity contribution in [1.82, 2.24) is 0 Å². The molecular formula is C12H9BrF3NO2S. The molecule has 20 heavy (non-hydrogen) atoms. The van der Waals surface area contributed by atoms with Crippen LogP contribution in [0, 0.1) is 11.3 Å². The van der Waals surface area contributed by atoms with Crippen LogP contribution in [0.15, 0.2) is 17.0 Å². The Hall–Kier alpha value is -1.20. The van der Waals surface area contributed by atoms with Gasteiger partial charge in [-0.15, -0.1) is 0 Å². The van der Waals surface area contributed by atoms with E-state index in [1.165, 1.54) is 6.07 Å². The molecule has 1 rings (SSSR count). The van der Waals surface area contributed by atoms with Gasteiger partial charge >= 0.3 is 11.5 Å². The molecule has 108 valence electrons. The molecule has 0 fully saturated rings. The molecule has 0 saturated carbocycles. The highest BCUT2D eigenvalue weighted by Gasteiger charge is 2.32. The van der Waals surface area contributed by atoms with Crippen LogP contribution < -0.4 is 0 Å². The molecule has 0 spiro atoms. The lowest BCUT2D eigenvalue weighted by Crippen LogP contribution is -2.08. The Morgan fingerprint density at radius 3 is 2.60 bits per heavy atom. The first-order valence-electron chi connectivity index (χ1n) is 5.38. The average molecular weight is 368 g/mol. The number of thioether (sulfide) groups is 1. The summed E-state index contributed by atoms with van der Waals surface area (Å²) in [7, 11) is 0. The quantitative estimate of drug-likeness (QED) is 0.453. The second-order valence-corrected chi connectivity index (χ2v) is 5.16. The van der Waals surface area contributed by atoms with E-state index in [0.29, 0.717) is 0 Å². The summed E-state index contributed by atoms with van der Waals surface area (Å²) in [5.41, 5.74) is -4.43. The first kappa shape index (κ1) is 16.9. The lowest BCUT2D eigenvalue weighted by atomic mass is 10.1. The Kier molecular flexibility index (Phi) is 5.89. The fourth-order valence-electron chi connectivity index (χ4n) is 1.44. The van der Waals surface area contributed by atoms with Gasteiger partial charge in [-0.05, 0) is 36.4 Å². The third-order valence-electron chi connectivity index (χ3n) is 2.16. The zero-order valence-corrected chi connectivity index (χ0v) is 12.7. The SMILES string of the molecule is CCOC(=O)c1cc(C#N)c(SC(F)(F)F)c(CBr)c1. The molecule has 0 heterocycles. The second-order valence-electron chi connectivity index (χ2n) is 3.53. The number of alkyl halides is 4. The normalized spacial score (nSPS) is 11.0. The molecule has 1 aromatic rings. The van der Waals surface area contributed by atoms with Gasteiger partial charge in [0.15, 0.2) is 0 Å². The summed E-state index contributed by atoms with van der Waals surface area (Å²) < 4.78 is 42.3. The van der Waals surface area contributed by atoms with E-state index in [-0.39, 0.29) is 45.3 Å². The molecule has 0 aliphatic heterocycles. The number of nitriles is 1. The molecule has 0 radical (unpaired) electrons. The van der Waals surface area contributed by atoms with E-state index < -0.39 is 11.5 Å². The molecule has 0 atom stereocenters. The fourth-order valence-corrected chi connectivity index (χ4v) is 2.78. The highest BCUT2D eigenvalue weighted by Crippen LogP contribution is 2.41. The Morgan fingerprint density at radius 2 is 2.15 bits per heavy atom. The minimum atomic E-state index is -4.51. The maximum atomic E-state index is 12.5. The summed E-state index contributed by atoms with van der Waals surface area (Å²) in [4.78, 5) is 11.4. The van der Waals surface area contributed by atoms with Gasteiger partial charge in [-0.3, -0.25) is 0 Å². The summed E-state index contributed by atoms with van der Waals surface area (Å²) in [6.45, 7) is 1.76. The summed E-state index contributed by atoms with van der Waals surface area (Å²) in [6.07, 6.45) is 0. The highest BCUT2D eigenvalue weighted by atomic mass is 79.9. The van der Waals surface area contributed by atoms with Crippen molar-refractivity contribution in [3.63, 3.8) is 0 Å². The van der Waals surface area contributed by atoms with Crippen LogP contribution in [0.4, 0.5) is 13.2 Å². The highest BCUT2D eigenvalue weighted by molar-refractivity contribution is 9.08. The molecule has 1 aromatic carbocycles. The maximum Gasteiger partial charge on any atom is 0.446 e. The summed E-state index contributed by atoms with van der Waals surface area (Å²) in [5.74, 6) is -0.672. The van der Waals surface area contributed by atoms with Gasteiger partial charge in [0, 0.05) is 10.2 Å². The van der Waals surface area contributed by atoms with E-state index >= 15 is 0 Å². The van der Waals surface area contributed by atoms with Gasteiger partial charge in [0.25, 0.3) is 0 Å². The Morgan fingerprint density at radius 1 is 1.50 bits per heavy atom. The maximum absolute atomic E-state index is 12.5. The summed E-state index contributed by atoms with van der Waals surface area (Å²) in [6, 6.07) is 4.08. The van der Waals surface area contributed by atoms with Crippen LogP contribution in [0.3, 0.4) is 0 Å². The van der Waals surface area contributed by atoms with Crippen molar-refractivity contribution in [3.05, 3.63) is 28.8 Å². The van der Waals surface area contributed by atoms with Gasteiger partial charge in [0.2, 0.25) is 0 Å². The Balaban J connectivity index is 3.33. The fraction of sp³-hybridized carbons (Fsp3) is 0.333. The molecule has 0 amide bonds. The number of esters is 1. The Labute approximate surface area is 126 Å². The summed E-state index contributed by atoms with van der Waals surface area (Å²) in [5, 5.41) is 9.06. The number of hydrogen-bond donors (Lipinski definition) is 0. The average Bonchev–Trinajstić information content (AvgIpc) is 2.37. The van der Waals surface area contributed by atoms with E-state index in [2.05, 4.69) is 15.9 Å². The molecule has 0 aliphatic rings.